The molecule has 3 amide bonds. The maximum Gasteiger partial charge on any atom is 0.325 e. The van der Waals surface area contributed by atoms with Crippen LogP contribution in [-0.2, 0) is 9.53 Å². The summed E-state index contributed by atoms with van der Waals surface area (Å²) in [7, 11) is 1.58. The molecule has 0 atom stereocenters. The Morgan fingerprint density at radius 2 is 2.23 bits per heavy atom. The molecule has 0 spiro atoms. The van der Waals surface area contributed by atoms with Gasteiger partial charge >= 0.3 is 6.03 Å². The number of carbonyl (C=O) groups excluding carboxylic acids is 2. The topological polar surface area (TPSA) is 58.6 Å². The highest BCUT2D eigenvalue weighted by molar-refractivity contribution is 6.03. The highest BCUT2D eigenvalue weighted by Gasteiger charge is 2.54. The molecule has 1 N–H and O–H groups in total. The maximum absolute atomic E-state index is 11.3. The summed E-state index contributed by atoms with van der Waals surface area (Å²) < 4.78 is 5.00. The quantitative estimate of drug-likeness (QED) is 0.613. The van der Waals surface area contributed by atoms with Crippen LogP contribution in [0.2, 0.25) is 0 Å². The maximum atomic E-state index is 11.3. The van der Waals surface area contributed by atoms with Crippen molar-refractivity contribution in [2.75, 3.05) is 20.3 Å². The van der Waals surface area contributed by atoms with Gasteiger partial charge in [-0.15, -0.1) is 0 Å². The third kappa shape index (κ3) is 1.19. The van der Waals surface area contributed by atoms with Crippen LogP contribution in [-0.4, -0.2) is 42.6 Å². The van der Waals surface area contributed by atoms with Crippen LogP contribution in [0.15, 0.2) is 0 Å². The first-order valence-corrected chi connectivity index (χ1v) is 4.29. The number of nitrogens with one attached hydrogen (secondary N) is 1. The molecule has 1 saturated carbocycles. The van der Waals surface area contributed by atoms with Gasteiger partial charge in [-0.2, -0.15) is 0 Å². The molecule has 2 rings (SSSR count). The van der Waals surface area contributed by atoms with Crippen LogP contribution in [0, 0.1) is 0 Å². The summed E-state index contributed by atoms with van der Waals surface area (Å²) in [5.41, 5.74) is -0.327. The van der Waals surface area contributed by atoms with E-state index in [1.165, 1.54) is 4.90 Å². The second-order valence-electron chi connectivity index (χ2n) is 3.55. The van der Waals surface area contributed by atoms with E-state index < -0.39 is 0 Å². The molecule has 1 heterocycles. The molecule has 0 bridgehead atoms. The Kier molecular flexibility index (Phi) is 1.76. The first-order chi connectivity index (χ1) is 6.19. The van der Waals surface area contributed by atoms with Crippen LogP contribution < -0.4 is 5.32 Å². The molecule has 0 aromatic carbocycles. The van der Waals surface area contributed by atoms with Crippen molar-refractivity contribution < 1.29 is 14.3 Å². The van der Waals surface area contributed by atoms with Crippen LogP contribution in [0.25, 0.3) is 0 Å². The van der Waals surface area contributed by atoms with Crippen molar-refractivity contribution >= 4 is 11.9 Å². The Morgan fingerprint density at radius 3 is 2.62 bits per heavy atom. The molecule has 1 aliphatic carbocycles. The minimum atomic E-state index is -0.327. The molecular weight excluding hydrogens is 172 g/mol. The van der Waals surface area contributed by atoms with Crippen LogP contribution in [0.3, 0.4) is 0 Å². The van der Waals surface area contributed by atoms with Crippen LogP contribution >= 0.6 is 0 Å². The van der Waals surface area contributed by atoms with Crippen molar-refractivity contribution in [1.82, 2.24) is 10.2 Å². The number of ether oxygens (including phenoxy) is 1. The SMILES string of the molecule is COCC1(N2C(=O)CNC2=O)CC1. The van der Waals surface area contributed by atoms with Gasteiger partial charge in [0, 0.05) is 7.11 Å². The fraction of sp³-hybridized carbons (Fsp3) is 0.750. The Balaban J connectivity index is 2.14. The normalized spacial score (nSPS) is 24.8. The Morgan fingerprint density at radius 1 is 1.54 bits per heavy atom. The number of nitrogens with zero attached hydrogens (tertiary/aromatic N) is 1. The van der Waals surface area contributed by atoms with E-state index >= 15 is 0 Å². The molecule has 0 unspecified atom stereocenters. The predicted octanol–water partition coefficient (Wildman–Crippen LogP) is -0.283. The summed E-state index contributed by atoms with van der Waals surface area (Å²) in [5, 5.41) is 2.51. The van der Waals surface area contributed by atoms with E-state index in [1.54, 1.807) is 7.11 Å². The molecule has 2 aliphatic rings. The number of carbonyl (C=O) groups is 2. The van der Waals surface area contributed by atoms with E-state index in [4.69, 9.17) is 4.74 Å². The van der Waals surface area contributed by atoms with Gasteiger partial charge in [0.1, 0.15) is 0 Å². The minimum absolute atomic E-state index is 0.129. The molecule has 0 radical (unpaired) electrons. The first kappa shape index (κ1) is 8.50. The number of methoxy groups -OCH3 is 1. The van der Waals surface area contributed by atoms with Crippen molar-refractivity contribution in [2.45, 2.75) is 18.4 Å². The zero-order chi connectivity index (χ0) is 9.47. The lowest BCUT2D eigenvalue weighted by atomic mass is 10.2. The van der Waals surface area contributed by atoms with Crippen molar-refractivity contribution in [3.8, 4) is 0 Å². The third-order valence-electron chi connectivity index (χ3n) is 2.56. The van der Waals surface area contributed by atoms with Gasteiger partial charge in [0.25, 0.3) is 5.91 Å². The fourth-order valence-electron chi connectivity index (χ4n) is 1.75. The lowest BCUT2D eigenvalue weighted by molar-refractivity contribution is -0.128. The molecule has 13 heavy (non-hydrogen) atoms. The van der Waals surface area contributed by atoms with Gasteiger partial charge in [0.15, 0.2) is 0 Å². The monoisotopic (exact) mass is 184 g/mol. The van der Waals surface area contributed by atoms with Gasteiger partial charge in [0.2, 0.25) is 0 Å². The summed E-state index contributed by atoms with van der Waals surface area (Å²) >= 11 is 0. The highest BCUT2D eigenvalue weighted by Crippen LogP contribution is 2.42. The average Bonchev–Trinajstić information content (AvgIpc) is 2.76. The number of amides is 3. The Bertz CT molecular complexity index is 244. The van der Waals surface area contributed by atoms with Crippen LogP contribution in [0.5, 0.6) is 0 Å². The van der Waals surface area contributed by atoms with Gasteiger partial charge < -0.3 is 10.1 Å². The van der Waals surface area contributed by atoms with Crippen molar-refractivity contribution in [3.05, 3.63) is 0 Å². The van der Waals surface area contributed by atoms with Gasteiger partial charge in [0.05, 0.1) is 18.7 Å². The average molecular weight is 184 g/mol. The predicted molar refractivity (Wildman–Crippen MR) is 44.1 cm³/mol. The summed E-state index contributed by atoms with van der Waals surface area (Å²) in [6.07, 6.45) is 1.72. The van der Waals surface area contributed by atoms with Gasteiger partial charge in [-0.25, -0.2) is 4.79 Å². The zero-order valence-corrected chi connectivity index (χ0v) is 7.50. The van der Waals surface area contributed by atoms with Crippen molar-refractivity contribution in [1.29, 1.82) is 0 Å². The van der Waals surface area contributed by atoms with Gasteiger partial charge in [-0.05, 0) is 12.8 Å². The second-order valence-corrected chi connectivity index (χ2v) is 3.55. The molecular formula is C8H12N2O3. The molecule has 1 saturated heterocycles. The lowest BCUT2D eigenvalue weighted by Gasteiger charge is -2.23. The number of rotatable bonds is 3. The third-order valence-corrected chi connectivity index (χ3v) is 2.56. The van der Waals surface area contributed by atoms with Gasteiger partial charge in [-0.1, -0.05) is 0 Å². The Hall–Kier alpha value is -1.10. The van der Waals surface area contributed by atoms with Crippen molar-refractivity contribution in [2.24, 2.45) is 0 Å². The van der Waals surface area contributed by atoms with E-state index in [1.807, 2.05) is 0 Å². The van der Waals surface area contributed by atoms with Crippen molar-refractivity contribution in [3.63, 3.8) is 0 Å². The molecule has 0 aromatic heterocycles. The number of hydrogen-bond donors (Lipinski definition) is 1. The summed E-state index contributed by atoms with van der Waals surface area (Å²) in [4.78, 5) is 23.9. The lowest BCUT2D eigenvalue weighted by Crippen LogP contribution is -2.45. The van der Waals surface area contributed by atoms with E-state index in [9.17, 15) is 9.59 Å². The smallest absolute Gasteiger partial charge is 0.325 e. The minimum Gasteiger partial charge on any atom is -0.382 e. The zero-order valence-electron chi connectivity index (χ0n) is 7.50. The van der Waals surface area contributed by atoms with Gasteiger partial charge in [-0.3, -0.25) is 9.69 Å². The molecule has 5 heteroatoms. The number of imide groups is 1. The fourth-order valence-corrected chi connectivity index (χ4v) is 1.75. The van der Waals surface area contributed by atoms with E-state index in [2.05, 4.69) is 5.32 Å². The standard InChI is InChI=1S/C8H12N2O3/c1-13-5-8(2-3-8)10-6(11)4-9-7(10)12/h2-5H2,1H3,(H,9,12). The van der Waals surface area contributed by atoms with E-state index in [0.717, 1.165) is 12.8 Å². The highest BCUT2D eigenvalue weighted by atomic mass is 16.5. The molecule has 0 aromatic rings. The second kappa shape index (κ2) is 2.70. The summed E-state index contributed by atoms with van der Waals surface area (Å²) in [6.45, 7) is 0.580. The summed E-state index contributed by atoms with van der Waals surface area (Å²) in [6, 6.07) is -0.278. The number of hydrogen-bond acceptors (Lipinski definition) is 3. The molecule has 1 aliphatic heterocycles. The van der Waals surface area contributed by atoms with Crippen LogP contribution in [0.1, 0.15) is 12.8 Å². The molecule has 5 nitrogen and oxygen atoms in total. The largest absolute Gasteiger partial charge is 0.382 e. The number of urea groups is 1. The van der Waals surface area contributed by atoms with Crippen LogP contribution in [0.4, 0.5) is 4.79 Å². The first-order valence-electron chi connectivity index (χ1n) is 4.29. The Labute approximate surface area is 76.0 Å². The van der Waals surface area contributed by atoms with E-state index in [-0.39, 0.29) is 24.0 Å². The summed E-state index contributed by atoms with van der Waals surface area (Å²) in [5.74, 6) is -0.139. The van der Waals surface area contributed by atoms with E-state index in [0.29, 0.717) is 6.61 Å². The molecule has 72 valence electrons. The molecule has 2 fully saturated rings.